The van der Waals surface area contributed by atoms with Gasteiger partial charge in [-0.25, -0.2) is 0 Å². The van der Waals surface area contributed by atoms with Crippen LogP contribution in [0.5, 0.6) is 0 Å². The molecule has 0 atom stereocenters. The molecule has 0 saturated heterocycles. The average molecular weight is 225 g/mol. The maximum Gasteiger partial charge on any atom is 0.225 e. The Morgan fingerprint density at radius 1 is 0.867 bits per heavy atom. The quantitative estimate of drug-likeness (QED) is 0.732. The van der Waals surface area contributed by atoms with Crippen LogP contribution in [0.2, 0.25) is 0 Å². The Morgan fingerprint density at radius 3 is 1.93 bits per heavy atom. The Hall–Kier alpha value is -1.95. The second kappa shape index (κ2) is 4.52. The summed E-state index contributed by atoms with van der Waals surface area (Å²) in [4.78, 5) is 15.5. The van der Waals surface area contributed by atoms with Crippen LogP contribution in [0.1, 0.15) is 0 Å². The minimum Gasteiger partial charge on any atom is -0.368 e. The number of halogens is 1. The van der Waals surface area contributed by atoms with Gasteiger partial charge in [0, 0.05) is 18.0 Å². The molecule has 2 aromatic rings. The molecule has 15 heavy (non-hydrogen) atoms. The molecule has 0 radical (unpaired) electrons. The summed E-state index contributed by atoms with van der Waals surface area (Å²) in [5.74, 6) is 0.686. The Bertz CT molecular complexity index is 426. The summed E-state index contributed by atoms with van der Waals surface area (Å²) in [6.07, 6.45) is 3.29. The normalized spacial score (nSPS) is 9.33. The summed E-state index contributed by atoms with van der Waals surface area (Å²) in [5.41, 5.74) is 11.7. The number of anilines is 2. The average Bonchev–Trinajstić information content (AvgIpc) is 2.18. The van der Waals surface area contributed by atoms with Crippen LogP contribution in [-0.4, -0.2) is 19.9 Å². The number of rotatable bonds is 1. The van der Waals surface area contributed by atoms with Crippen molar-refractivity contribution in [2.75, 3.05) is 11.5 Å². The molecule has 78 valence electrons. The summed E-state index contributed by atoms with van der Waals surface area (Å²) in [7, 11) is 0. The second-order valence-corrected chi connectivity index (χ2v) is 2.61. The van der Waals surface area contributed by atoms with Gasteiger partial charge in [0.25, 0.3) is 0 Å². The second-order valence-electron chi connectivity index (χ2n) is 2.61. The van der Waals surface area contributed by atoms with Gasteiger partial charge in [-0.3, -0.25) is 4.98 Å². The monoisotopic (exact) mass is 224 g/mol. The van der Waals surface area contributed by atoms with E-state index in [9.17, 15) is 0 Å². The van der Waals surface area contributed by atoms with E-state index in [1.54, 1.807) is 24.5 Å². The highest BCUT2D eigenvalue weighted by atomic mass is 35.5. The molecule has 2 aromatic heterocycles. The lowest BCUT2D eigenvalue weighted by molar-refractivity contribution is 1.08. The summed E-state index contributed by atoms with van der Waals surface area (Å²) >= 11 is 0. The molecule has 0 fully saturated rings. The van der Waals surface area contributed by atoms with Gasteiger partial charge in [-0.05, 0) is 12.1 Å². The molecule has 6 nitrogen and oxygen atoms in total. The first-order valence-corrected chi connectivity index (χ1v) is 3.93. The van der Waals surface area contributed by atoms with Crippen molar-refractivity contribution in [1.82, 2.24) is 19.9 Å². The molecule has 0 aliphatic rings. The third-order valence-electron chi connectivity index (χ3n) is 1.61. The zero-order valence-corrected chi connectivity index (χ0v) is 8.48. The number of nitrogens with zero attached hydrogens (tertiary/aromatic N) is 4. The standard InChI is InChI=1S/C8H8N6.ClH/c9-7-12-6(13-8(10)14-7)5-1-3-11-4-2-5;/h1-4H,(H4,9,10,12,13,14);1H. The van der Waals surface area contributed by atoms with Crippen LogP contribution < -0.4 is 11.5 Å². The highest BCUT2D eigenvalue weighted by Gasteiger charge is 2.03. The fraction of sp³-hybridized carbons (Fsp3) is 0. The molecule has 0 aliphatic heterocycles. The van der Waals surface area contributed by atoms with Crippen molar-refractivity contribution < 1.29 is 0 Å². The van der Waals surface area contributed by atoms with Crippen molar-refractivity contribution in [3.8, 4) is 11.4 Å². The number of nitrogen functional groups attached to an aromatic ring is 2. The summed E-state index contributed by atoms with van der Waals surface area (Å²) < 4.78 is 0. The molecule has 0 aliphatic carbocycles. The van der Waals surface area contributed by atoms with Gasteiger partial charge in [0.2, 0.25) is 11.9 Å². The molecule has 2 heterocycles. The number of hydrogen-bond donors (Lipinski definition) is 2. The molecule has 0 saturated carbocycles. The molecule has 0 aromatic carbocycles. The fourth-order valence-corrected chi connectivity index (χ4v) is 1.04. The van der Waals surface area contributed by atoms with Crippen molar-refractivity contribution in [2.45, 2.75) is 0 Å². The molecular formula is C8H9ClN6. The minimum atomic E-state index is 0. The number of aromatic nitrogens is 4. The van der Waals surface area contributed by atoms with Gasteiger partial charge in [-0.1, -0.05) is 0 Å². The highest BCUT2D eigenvalue weighted by Crippen LogP contribution is 2.13. The third-order valence-corrected chi connectivity index (χ3v) is 1.61. The van der Waals surface area contributed by atoms with Gasteiger partial charge < -0.3 is 11.5 Å². The van der Waals surface area contributed by atoms with Crippen LogP contribution in [0.25, 0.3) is 11.4 Å². The maximum atomic E-state index is 5.44. The van der Waals surface area contributed by atoms with E-state index in [-0.39, 0.29) is 24.3 Å². The van der Waals surface area contributed by atoms with E-state index in [0.29, 0.717) is 5.82 Å². The largest absolute Gasteiger partial charge is 0.368 e. The first-order chi connectivity index (χ1) is 6.75. The zero-order valence-electron chi connectivity index (χ0n) is 7.66. The maximum absolute atomic E-state index is 5.44. The molecule has 0 unspecified atom stereocenters. The van der Waals surface area contributed by atoms with E-state index in [0.717, 1.165) is 5.56 Å². The van der Waals surface area contributed by atoms with Gasteiger partial charge >= 0.3 is 0 Å². The van der Waals surface area contributed by atoms with Crippen molar-refractivity contribution in [3.05, 3.63) is 24.5 Å². The van der Waals surface area contributed by atoms with Gasteiger partial charge in [-0.15, -0.1) is 12.4 Å². The van der Waals surface area contributed by atoms with E-state index >= 15 is 0 Å². The van der Waals surface area contributed by atoms with E-state index in [2.05, 4.69) is 19.9 Å². The van der Waals surface area contributed by atoms with E-state index in [4.69, 9.17) is 11.5 Å². The number of pyridine rings is 1. The smallest absolute Gasteiger partial charge is 0.225 e. The number of hydrogen-bond acceptors (Lipinski definition) is 6. The summed E-state index contributed by atoms with van der Waals surface area (Å²) in [6.45, 7) is 0. The molecule has 0 amide bonds. The lowest BCUT2D eigenvalue weighted by atomic mass is 10.2. The van der Waals surface area contributed by atoms with Crippen LogP contribution >= 0.6 is 12.4 Å². The molecule has 4 N–H and O–H groups in total. The lowest BCUT2D eigenvalue weighted by Gasteiger charge is -2.00. The lowest BCUT2D eigenvalue weighted by Crippen LogP contribution is -2.04. The predicted molar refractivity (Wildman–Crippen MR) is 59.1 cm³/mol. The van der Waals surface area contributed by atoms with Gasteiger partial charge in [0.15, 0.2) is 5.82 Å². The van der Waals surface area contributed by atoms with Crippen LogP contribution in [0, 0.1) is 0 Å². The number of nitrogens with two attached hydrogens (primary N) is 2. The van der Waals surface area contributed by atoms with Crippen molar-refractivity contribution in [1.29, 1.82) is 0 Å². The molecule has 2 rings (SSSR count). The Kier molecular flexibility index (Phi) is 3.35. The van der Waals surface area contributed by atoms with Crippen LogP contribution in [0.4, 0.5) is 11.9 Å². The van der Waals surface area contributed by atoms with E-state index < -0.39 is 0 Å². The fourth-order valence-electron chi connectivity index (χ4n) is 1.04. The Morgan fingerprint density at radius 2 is 1.40 bits per heavy atom. The zero-order chi connectivity index (χ0) is 9.97. The minimum absolute atomic E-state index is 0. The molecule has 0 bridgehead atoms. The highest BCUT2D eigenvalue weighted by molar-refractivity contribution is 5.85. The van der Waals surface area contributed by atoms with Gasteiger partial charge in [0.05, 0.1) is 0 Å². The van der Waals surface area contributed by atoms with E-state index in [1.807, 2.05) is 0 Å². The van der Waals surface area contributed by atoms with Gasteiger partial charge in [-0.2, -0.15) is 15.0 Å². The predicted octanol–water partition coefficient (Wildman–Crippen LogP) is 0.520. The van der Waals surface area contributed by atoms with Crippen molar-refractivity contribution in [2.24, 2.45) is 0 Å². The van der Waals surface area contributed by atoms with Crippen molar-refractivity contribution in [3.63, 3.8) is 0 Å². The summed E-state index contributed by atoms with van der Waals surface area (Å²) in [6, 6.07) is 3.54. The molecule has 7 heteroatoms. The molecule has 0 spiro atoms. The van der Waals surface area contributed by atoms with Crippen molar-refractivity contribution >= 4 is 24.3 Å². The third kappa shape index (κ3) is 2.50. The van der Waals surface area contributed by atoms with Gasteiger partial charge in [0.1, 0.15) is 0 Å². The molecular weight excluding hydrogens is 216 g/mol. The topological polar surface area (TPSA) is 104 Å². The van der Waals surface area contributed by atoms with Crippen LogP contribution in [-0.2, 0) is 0 Å². The summed E-state index contributed by atoms with van der Waals surface area (Å²) in [5, 5.41) is 0. The first kappa shape index (κ1) is 11.1. The van der Waals surface area contributed by atoms with Crippen LogP contribution in [0.15, 0.2) is 24.5 Å². The van der Waals surface area contributed by atoms with E-state index in [1.165, 1.54) is 0 Å². The first-order valence-electron chi connectivity index (χ1n) is 3.93. The Balaban J connectivity index is 0.00000112. The van der Waals surface area contributed by atoms with Crippen LogP contribution in [0.3, 0.4) is 0 Å². The Labute approximate surface area is 92.2 Å². The SMILES string of the molecule is Cl.Nc1nc(N)nc(-c2ccncc2)n1.